The van der Waals surface area contributed by atoms with Crippen molar-refractivity contribution in [3.63, 3.8) is 0 Å². The predicted molar refractivity (Wildman–Crippen MR) is 75.3 cm³/mol. The van der Waals surface area contributed by atoms with Crippen LogP contribution in [0.25, 0.3) is 0 Å². The van der Waals surface area contributed by atoms with Crippen LogP contribution in [0.15, 0.2) is 24.3 Å². The van der Waals surface area contributed by atoms with Gasteiger partial charge in [-0.05, 0) is 31.2 Å². The zero-order valence-electron chi connectivity index (χ0n) is 11.3. The summed E-state index contributed by atoms with van der Waals surface area (Å²) in [4.78, 5) is 4.87. The zero-order valence-corrected chi connectivity index (χ0v) is 11.3. The first-order chi connectivity index (χ1) is 8.74. The van der Waals surface area contributed by atoms with Crippen LogP contribution in [0.3, 0.4) is 0 Å². The first-order valence-electron chi connectivity index (χ1n) is 6.57. The molecule has 1 aliphatic rings. The van der Waals surface area contributed by atoms with Gasteiger partial charge in [0.05, 0.1) is 7.11 Å². The minimum absolute atomic E-state index is 0.489. The normalized spacial score (nSPS) is 18.7. The number of rotatable bonds is 4. The van der Waals surface area contributed by atoms with Crippen LogP contribution < -0.4 is 15.4 Å². The molecule has 2 N–H and O–H groups in total. The van der Waals surface area contributed by atoms with Crippen molar-refractivity contribution in [2.24, 2.45) is 5.73 Å². The van der Waals surface area contributed by atoms with E-state index >= 15 is 0 Å². The Bertz CT molecular complexity index is 358. The highest BCUT2D eigenvalue weighted by Crippen LogP contribution is 2.20. The fourth-order valence-corrected chi connectivity index (χ4v) is 2.36. The Morgan fingerprint density at radius 2 is 1.78 bits per heavy atom. The molecule has 0 bridgehead atoms. The van der Waals surface area contributed by atoms with E-state index in [1.165, 1.54) is 5.69 Å². The summed E-state index contributed by atoms with van der Waals surface area (Å²) in [6, 6.07) is 8.78. The standard InChI is InChI=1S/C14H23N3O/c1-12(11-15)16-7-9-17(10-8-16)13-3-5-14(18-2)6-4-13/h3-6,12H,7-11,15H2,1-2H3/t12-/m1/s1. The summed E-state index contributed by atoms with van der Waals surface area (Å²) < 4.78 is 5.18. The van der Waals surface area contributed by atoms with E-state index in [2.05, 4.69) is 28.9 Å². The molecule has 1 aromatic carbocycles. The molecule has 0 spiro atoms. The van der Waals surface area contributed by atoms with Crippen LogP contribution in [0.2, 0.25) is 0 Å². The van der Waals surface area contributed by atoms with Crippen molar-refractivity contribution in [2.75, 3.05) is 44.7 Å². The minimum atomic E-state index is 0.489. The summed E-state index contributed by atoms with van der Waals surface area (Å²) >= 11 is 0. The van der Waals surface area contributed by atoms with Gasteiger partial charge in [0, 0.05) is 44.5 Å². The van der Waals surface area contributed by atoms with E-state index in [1.807, 2.05) is 12.1 Å². The molecule has 1 aliphatic heterocycles. The van der Waals surface area contributed by atoms with Crippen molar-refractivity contribution >= 4 is 5.69 Å². The molecule has 100 valence electrons. The van der Waals surface area contributed by atoms with Crippen LogP contribution in [0, 0.1) is 0 Å². The molecule has 0 radical (unpaired) electrons. The van der Waals surface area contributed by atoms with E-state index in [0.717, 1.165) is 38.5 Å². The van der Waals surface area contributed by atoms with E-state index in [9.17, 15) is 0 Å². The predicted octanol–water partition coefficient (Wildman–Crippen LogP) is 1.16. The minimum Gasteiger partial charge on any atom is -0.497 e. The van der Waals surface area contributed by atoms with E-state index < -0.39 is 0 Å². The third kappa shape index (κ3) is 2.94. The lowest BCUT2D eigenvalue weighted by Crippen LogP contribution is -2.51. The summed E-state index contributed by atoms with van der Waals surface area (Å²) in [5.41, 5.74) is 6.99. The van der Waals surface area contributed by atoms with Gasteiger partial charge in [-0.15, -0.1) is 0 Å². The van der Waals surface area contributed by atoms with Crippen LogP contribution in [-0.4, -0.2) is 50.8 Å². The van der Waals surface area contributed by atoms with Crippen LogP contribution in [0.1, 0.15) is 6.92 Å². The SMILES string of the molecule is COc1ccc(N2CCN([C@H](C)CN)CC2)cc1. The molecule has 18 heavy (non-hydrogen) atoms. The molecular formula is C14H23N3O. The summed E-state index contributed by atoms with van der Waals surface area (Å²) in [5, 5.41) is 0. The molecule has 0 aliphatic carbocycles. The molecular weight excluding hydrogens is 226 g/mol. The number of hydrogen-bond donors (Lipinski definition) is 1. The van der Waals surface area contributed by atoms with Gasteiger partial charge in [0.15, 0.2) is 0 Å². The first kappa shape index (κ1) is 13.2. The van der Waals surface area contributed by atoms with E-state index in [-0.39, 0.29) is 0 Å². The lowest BCUT2D eigenvalue weighted by Gasteiger charge is -2.38. The fraction of sp³-hybridized carbons (Fsp3) is 0.571. The van der Waals surface area contributed by atoms with Crippen LogP contribution >= 0.6 is 0 Å². The lowest BCUT2D eigenvalue weighted by atomic mass is 10.2. The summed E-state index contributed by atoms with van der Waals surface area (Å²) in [6.07, 6.45) is 0. The quantitative estimate of drug-likeness (QED) is 0.869. The average Bonchev–Trinajstić information content (AvgIpc) is 2.47. The van der Waals surface area contributed by atoms with Crippen molar-refractivity contribution in [3.05, 3.63) is 24.3 Å². The van der Waals surface area contributed by atoms with E-state index in [0.29, 0.717) is 6.04 Å². The number of hydrogen-bond acceptors (Lipinski definition) is 4. The number of anilines is 1. The highest BCUT2D eigenvalue weighted by molar-refractivity contribution is 5.49. The molecule has 4 heteroatoms. The fourth-order valence-electron chi connectivity index (χ4n) is 2.36. The molecule has 1 fully saturated rings. The third-order valence-electron chi connectivity index (χ3n) is 3.72. The lowest BCUT2D eigenvalue weighted by molar-refractivity contribution is 0.201. The van der Waals surface area contributed by atoms with Gasteiger partial charge < -0.3 is 15.4 Å². The van der Waals surface area contributed by atoms with Crippen molar-refractivity contribution in [1.82, 2.24) is 4.90 Å². The molecule has 1 heterocycles. The Morgan fingerprint density at radius 1 is 1.17 bits per heavy atom. The molecule has 1 aromatic rings. The Balaban J connectivity index is 1.92. The van der Waals surface area contributed by atoms with Gasteiger partial charge in [0.1, 0.15) is 5.75 Å². The highest BCUT2D eigenvalue weighted by Gasteiger charge is 2.20. The topological polar surface area (TPSA) is 41.7 Å². The maximum Gasteiger partial charge on any atom is 0.119 e. The Morgan fingerprint density at radius 3 is 2.28 bits per heavy atom. The maximum atomic E-state index is 5.71. The summed E-state index contributed by atoms with van der Waals surface area (Å²) in [6.45, 7) is 7.24. The second kappa shape index (κ2) is 6.07. The number of methoxy groups -OCH3 is 1. The molecule has 0 aromatic heterocycles. The highest BCUT2D eigenvalue weighted by atomic mass is 16.5. The van der Waals surface area contributed by atoms with Gasteiger partial charge in [-0.25, -0.2) is 0 Å². The van der Waals surface area contributed by atoms with Crippen molar-refractivity contribution < 1.29 is 4.74 Å². The van der Waals surface area contributed by atoms with Gasteiger partial charge >= 0.3 is 0 Å². The van der Waals surface area contributed by atoms with Gasteiger partial charge in [0.25, 0.3) is 0 Å². The molecule has 0 saturated carbocycles. The smallest absolute Gasteiger partial charge is 0.119 e. The van der Waals surface area contributed by atoms with Crippen molar-refractivity contribution in [3.8, 4) is 5.75 Å². The van der Waals surface area contributed by atoms with Crippen LogP contribution in [-0.2, 0) is 0 Å². The van der Waals surface area contributed by atoms with Gasteiger partial charge in [-0.2, -0.15) is 0 Å². The Kier molecular flexibility index (Phi) is 4.44. The summed E-state index contributed by atoms with van der Waals surface area (Å²) in [7, 11) is 1.70. The van der Waals surface area contributed by atoms with Crippen molar-refractivity contribution in [2.45, 2.75) is 13.0 Å². The van der Waals surface area contributed by atoms with Crippen LogP contribution in [0.5, 0.6) is 5.75 Å². The third-order valence-corrected chi connectivity index (χ3v) is 3.72. The number of ether oxygens (including phenoxy) is 1. The molecule has 1 saturated heterocycles. The maximum absolute atomic E-state index is 5.71. The zero-order chi connectivity index (χ0) is 13.0. The number of nitrogens with zero attached hydrogens (tertiary/aromatic N) is 2. The largest absolute Gasteiger partial charge is 0.497 e. The monoisotopic (exact) mass is 249 g/mol. The molecule has 4 nitrogen and oxygen atoms in total. The average molecular weight is 249 g/mol. The van der Waals surface area contributed by atoms with Crippen LogP contribution in [0.4, 0.5) is 5.69 Å². The Hall–Kier alpha value is -1.26. The van der Waals surface area contributed by atoms with Gasteiger partial charge in [-0.3, -0.25) is 4.90 Å². The first-order valence-corrected chi connectivity index (χ1v) is 6.57. The molecule has 2 rings (SSSR count). The summed E-state index contributed by atoms with van der Waals surface area (Å²) in [5.74, 6) is 0.911. The van der Waals surface area contributed by atoms with Crippen molar-refractivity contribution in [1.29, 1.82) is 0 Å². The molecule has 0 unspecified atom stereocenters. The molecule has 0 amide bonds. The second-order valence-electron chi connectivity index (χ2n) is 4.81. The molecule has 1 atom stereocenters. The van der Waals surface area contributed by atoms with E-state index in [1.54, 1.807) is 7.11 Å². The Labute approximate surface area is 109 Å². The van der Waals surface area contributed by atoms with E-state index in [4.69, 9.17) is 10.5 Å². The van der Waals surface area contributed by atoms with Gasteiger partial charge in [-0.1, -0.05) is 0 Å². The second-order valence-corrected chi connectivity index (χ2v) is 4.81. The number of benzene rings is 1. The number of nitrogens with two attached hydrogens (primary N) is 1. The van der Waals surface area contributed by atoms with Gasteiger partial charge in [0.2, 0.25) is 0 Å². The number of piperazine rings is 1.